The van der Waals surface area contributed by atoms with E-state index in [1.807, 2.05) is 24.3 Å². The Morgan fingerprint density at radius 2 is 2.12 bits per heavy atom. The normalized spacial score (nSPS) is 9.31. The fourth-order valence-electron chi connectivity index (χ4n) is 1.23. The van der Waals surface area contributed by atoms with E-state index < -0.39 is 0 Å². The monoisotopic (exact) mass is 213 g/mol. The lowest BCUT2D eigenvalue weighted by Crippen LogP contribution is -1.96. The molecule has 0 fully saturated rings. The lowest BCUT2D eigenvalue weighted by Gasteiger charge is -2.03. The van der Waals surface area contributed by atoms with Crippen molar-refractivity contribution in [3.63, 3.8) is 0 Å². The lowest BCUT2D eigenvalue weighted by molar-refractivity contribution is 0.370. The maximum atomic E-state index is 5.40. The summed E-state index contributed by atoms with van der Waals surface area (Å²) in [5, 5.41) is 4.03. The number of ether oxygens (including phenoxy) is 1. The Balaban J connectivity index is 2.07. The average molecular weight is 213 g/mol. The molecular formula is C12H11N3O. The van der Waals surface area contributed by atoms with Crippen LogP contribution in [0.5, 0.6) is 5.75 Å². The van der Waals surface area contributed by atoms with E-state index in [1.165, 1.54) is 6.33 Å². The van der Waals surface area contributed by atoms with Crippen molar-refractivity contribution in [3.8, 4) is 23.3 Å². The summed E-state index contributed by atoms with van der Waals surface area (Å²) >= 11 is 0. The lowest BCUT2D eigenvalue weighted by atomic mass is 10.3. The summed E-state index contributed by atoms with van der Waals surface area (Å²) in [6.07, 6.45) is 3.15. The van der Waals surface area contributed by atoms with Crippen LogP contribution in [0.1, 0.15) is 6.92 Å². The highest BCUT2D eigenvalue weighted by Crippen LogP contribution is 2.13. The van der Waals surface area contributed by atoms with Crippen molar-refractivity contribution in [2.75, 3.05) is 6.61 Å². The van der Waals surface area contributed by atoms with Crippen LogP contribution in [0.4, 0.5) is 0 Å². The first-order chi connectivity index (χ1) is 7.90. The number of aromatic nitrogens is 3. The molecule has 0 unspecified atom stereocenters. The van der Waals surface area contributed by atoms with Gasteiger partial charge in [0.05, 0.1) is 5.69 Å². The first-order valence-electron chi connectivity index (χ1n) is 4.87. The SMILES string of the molecule is CC#CCOc1ccc(-n2cncn2)cc1. The Morgan fingerprint density at radius 3 is 2.75 bits per heavy atom. The summed E-state index contributed by atoms with van der Waals surface area (Å²) in [4.78, 5) is 3.88. The first-order valence-corrected chi connectivity index (χ1v) is 4.87. The summed E-state index contributed by atoms with van der Waals surface area (Å²) in [5.41, 5.74) is 0.950. The molecule has 1 aromatic carbocycles. The molecule has 2 aromatic rings. The predicted molar refractivity (Wildman–Crippen MR) is 60.3 cm³/mol. The largest absolute Gasteiger partial charge is 0.481 e. The van der Waals surface area contributed by atoms with Crippen LogP contribution in [-0.4, -0.2) is 21.4 Å². The highest BCUT2D eigenvalue weighted by atomic mass is 16.5. The smallest absolute Gasteiger partial charge is 0.149 e. The molecule has 1 aromatic heterocycles. The standard InChI is InChI=1S/C12H11N3O/c1-2-3-8-16-12-6-4-11(5-7-12)15-10-13-9-14-15/h4-7,9-10H,8H2,1H3. The van der Waals surface area contributed by atoms with E-state index in [1.54, 1.807) is 17.9 Å². The van der Waals surface area contributed by atoms with Crippen LogP contribution < -0.4 is 4.74 Å². The number of nitrogens with zero attached hydrogens (tertiary/aromatic N) is 3. The second-order valence-corrected chi connectivity index (χ2v) is 3.05. The van der Waals surface area contributed by atoms with Crippen molar-refractivity contribution >= 4 is 0 Å². The zero-order chi connectivity index (χ0) is 11.2. The minimum Gasteiger partial charge on any atom is -0.481 e. The van der Waals surface area contributed by atoms with E-state index in [0.29, 0.717) is 6.61 Å². The molecular weight excluding hydrogens is 202 g/mol. The maximum absolute atomic E-state index is 5.40. The zero-order valence-corrected chi connectivity index (χ0v) is 8.92. The molecule has 80 valence electrons. The van der Waals surface area contributed by atoms with Gasteiger partial charge in [-0.1, -0.05) is 5.92 Å². The fraction of sp³-hybridized carbons (Fsp3) is 0.167. The summed E-state index contributed by atoms with van der Waals surface area (Å²) in [6, 6.07) is 7.61. The number of hydrogen-bond acceptors (Lipinski definition) is 3. The Morgan fingerprint density at radius 1 is 1.31 bits per heavy atom. The second-order valence-electron chi connectivity index (χ2n) is 3.05. The van der Waals surface area contributed by atoms with Crippen LogP contribution in [0.25, 0.3) is 5.69 Å². The summed E-state index contributed by atoms with van der Waals surface area (Å²) < 4.78 is 7.09. The average Bonchev–Trinajstić information content (AvgIpc) is 2.84. The Labute approximate surface area is 93.9 Å². The molecule has 0 aliphatic rings. The van der Waals surface area contributed by atoms with Gasteiger partial charge in [-0.25, -0.2) is 9.67 Å². The van der Waals surface area contributed by atoms with Crippen LogP contribution in [0, 0.1) is 11.8 Å². The Kier molecular flexibility index (Phi) is 3.19. The molecule has 0 saturated carbocycles. The van der Waals surface area contributed by atoms with Crippen LogP contribution in [0.3, 0.4) is 0 Å². The van der Waals surface area contributed by atoms with Gasteiger partial charge in [0.25, 0.3) is 0 Å². The number of rotatable bonds is 3. The number of benzene rings is 1. The van der Waals surface area contributed by atoms with Crippen LogP contribution in [-0.2, 0) is 0 Å². The van der Waals surface area contributed by atoms with Gasteiger partial charge in [0, 0.05) is 0 Å². The van der Waals surface area contributed by atoms with Gasteiger partial charge in [-0.3, -0.25) is 0 Å². The Bertz CT molecular complexity index is 491. The van der Waals surface area contributed by atoms with Gasteiger partial charge in [-0.05, 0) is 31.2 Å². The molecule has 0 aliphatic carbocycles. The van der Waals surface area contributed by atoms with E-state index >= 15 is 0 Å². The number of hydrogen-bond donors (Lipinski definition) is 0. The summed E-state index contributed by atoms with van der Waals surface area (Å²) in [5.74, 6) is 6.41. The van der Waals surface area contributed by atoms with Crippen LogP contribution in [0.2, 0.25) is 0 Å². The molecule has 2 rings (SSSR count). The molecule has 1 heterocycles. The van der Waals surface area contributed by atoms with Gasteiger partial charge < -0.3 is 4.74 Å². The molecule has 0 amide bonds. The predicted octanol–water partition coefficient (Wildman–Crippen LogP) is 1.67. The highest BCUT2D eigenvalue weighted by Gasteiger charge is 1.97. The topological polar surface area (TPSA) is 39.9 Å². The van der Waals surface area contributed by atoms with Gasteiger partial charge in [0.2, 0.25) is 0 Å². The maximum Gasteiger partial charge on any atom is 0.149 e. The molecule has 4 heteroatoms. The summed E-state index contributed by atoms with van der Waals surface area (Å²) in [6.45, 7) is 2.20. The Hall–Kier alpha value is -2.28. The molecule has 0 atom stereocenters. The molecule has 0 bridgehead atoms. The van der Waals surface area contributed by atoms with Gasteiger partial charge in [-0.15, -0.1) is 5.92 Å². The summed E-state index contributed by atoms with van der Waals surface area (Å²) in [7, 11) is 0. The van der Waals surface area contributed by atoms with Gasteiger partial charge in [-0.2, -0.15) is 5.10 Å². The van der Waals surface area contributed by atoms with Crippen molar-refractivity contribution in [2.45, 2.75) is 6.92 Å². The second kappa shape index (κ2) is 4.99. The van der Waals surface area contributed by atoms with Gasteiger partial charge >= 0.3 is 0 Å². The van der Waals surface area contributed by atoms with Crippen LogP contribution in [0.15, 0.2) is 36.9 Å². The van der Waals surface area contributed by atoms with Crippen molar-refractivity contribution in [1.82, 2.24) is 14.8 Å². The fourth-order valence-corrected chi connectivity index (χ4v) is 1.23. The van der Waals surface area contributed by atoms with Gasteiger partial charge in [0.15, 0.2) is 0 Å². The van der Waals surface area contributed by atoms with E-state index in [9.17, 15) is 0 Å². The van der Waals surface area contributed by atoms with Crippen LogP contribution >= 0.6 is 0 Å². The first kappa shape index (κ1) is 10.2. The third-order valence-electron chi connectivity index (χ3n) is 2.01. The highest BCUT2D eigenvalue weighted by molar-refractivity contribution is 5.36. The molecule has 0 spiro atoms. The third-order valence-corrected chi connectivity index (χ3v) is 2.01. The molecule has 16 heavy (non-hydrogen) atoms. The van der Waals surface area contributed by atoms with Crippen molar-refractivity contribution < 1.29 is 4.74 Å². The van der Waals surface area contributed by atoms with Crippen molar-refractivity contribution in [2.24, 2.45) is 0 Å². The minimum atomic E-state index is 0.416. The minimum absolute atomic E-state index is 0.416. The molecule has 0 aliphatic heterocycles. The van der Waals surface area contributed by atoms with E-state index in [4.69, 9.17) is 4.74 Å². The molecule has 0 radical (unpaired) electrons. The quantitative estimate of drug-likeness (QED) is 0.728. The van der Waals surface area contributed by atoms with Crippen molar-refractivity contribution in [1.29, 1.82) is 0 Å². The third kappa shape index (κ3) is 2.39. The molecule has 0 N–H and O–H groups in total. The van der Waals surface area contributed by atoms with Crippen molar-refractivity contribution in [3.05, 3.63) is 36.9 Å². The van der Waals surface area contributed by atoms with E-state index in [2.05, 4.69) is 21.9 Å². The molecule has 4 nitrogen and oxygen atoms in total. The van der Waals surface area contributed by atoms with Gasteiger partial charge in [0.1, 0.15) is 25.0 Å². The molecule has 0 saturated heterocycles. The van der Waals surface area contributed by atoms with E-state index in [0.717, 1.165) is 11.4 Å². The van der Waals surface area contributed by atoms with E-state index in [-0.39, 0.29) is 0 Å². The zero-order valence-electron chi connectivity index (χ0n) is 8.92.